The average molecular weight is 324 g/mol. The number of nitrogens with zero attached hydrogens (tertiary/aromatic N) is 2. The van der Waals surface area contributed by atoms with Gasteiger partial charge >= 0.3 is 5.97 Å². The average Bonchev–Trinajstić information content (AvgIpc) is 2.87. The van der Waals surface area contributed by atoms with Gasteiger partial charge in [0, 0.05) is 18.4 Å². The van der Waals surface area contributed by atoms with Gasteiger partial charge < -0.3 is 4.74 Å². The van der Waals surface area contributed by atoms with Crippen molar-refractivity contribution in [3.63, 3.8) is 0 Å². The van der Waals surface area contributed by atoms with Gasteiger partial charge in [0.2, 0.25) is 5.91 Å². The van der Waals surface area contributed by atoms with E-state index in [1.54, 1.807) is 0 Å². The summed E-state index contributed by atoms with van der Waals surface area (Å²) in [7, 11) is 0. The quantitative estimate of drug-likeness (QED) is 0.789. The predicted octanol–water partition coefficient (Wildman–Crippen LogP) is 3.57. The van der Waals surface area contributed by atoms with E-state index in [1.807, 2.05) is 13.8 Å². The first kappa shape index (κ1) is 17.1. The summed E-state index contributed by atoms with van der Waals surface area (Å²) in [6, 6.07) is 1.70. The highest BCUT2D eigenvalue weighted by molar-refractivity contribution is 6.04. The third kappa shape index (κ3) is 3.38. The molecule has 2 rings (SSSR count). The molecule has 124 valence electrons. The molecule has 23 heavy (non-hydrogen) atoms. The van der Waals surface area contributed by atoms with Crippen molar-refractivity contribution in [3.05, 3.63) is 29.5 Å². The number of benzene rings is 1. The molecule has 0 saturated carbocycles. The highest BCUT2D eigenvalue weighted by Crippen LogP contribution is 2.23. The molecule has 0 spiro atoms. The molecule has 0 aliphatic rings. The third-order valence-corrected chi connectivity index (χ3v) is 3.82. The van der Waals surface area contributed by atoms with Crippen molar-refractivity contribution in [2.45, 2.75) is 33.6 Å². The van der Waals surface area contributed by atoms with Crippen LogP contribution in [0.25, 0.3) is 10.9 Å². The van der Waals surface area contributed by atoms with Crippen LogP contribution in [0.5, 0.6) is 0 Å². The number of hydrogen-bond donors (Lipinski definition) is 0. The second-order valence-corrected chi connectivity index (χ2v) is 5.34. The van der Waals surface area contributed by atoms with Gasteiger partial charge in [-0.25, -0.2) is 13.6 Å². The van der Waals surface area contributed by atoms with Crippen LogP contribution in [0.3, 0.4) is 0 Å². The van der Waals surface area contributed by atoms with Gasteiger partial charge in [-0.3, -0.25) is 4.79 Å². The van der Waals surface area contributed by atoms with Crippen molar-refractivity contribution in [2.24, 2.45) is 5.92 Å². The first-order valence-electron chi connectivity index (χ1n) is 7.44. The van der Waals surface area contributed by atoms with Crippen LogP contribution in [0.1, 0.15) is 48.9 Å². The van der Waals surface area contributed by atoms with Crippen molar-refractivity contribution in [1.82, 2.24) is 9.78 Å². The van der Waals surface area contributed by atoms with Crippen LogP contribution in [-0.2, 0) is 4.74 Å². The maximum Gasteiger partial charge on any atom is 0.359 e. The van der Waals surface area contributed by atoms with Crippen molar-refractivity contribution in [2.75, 3.05) is 6.61 Å². The lowest BCUT2D eigenvalue weighted by Gasteiger charge is -2.11. The number of fused-ring (bicyclic) bond motifs is 1. The molecular formula is C16H18F2N2O3. The molecule has 0 aliphatic heterocycles. The molecule has 1 aromatic carbocycles. The molecule has 0 aliphatic carbocycles. The Hall–Kier alpha value is -2.31. The van der Waals surface area contributed by atoms with E-state index in [9.17, 15) is 18.4 Å². The number of rotatable bonds is 5. The Morgan fingerprint density at radius 3 is 2.39 bits per heavy atom. The minimum atomic E-state index is -1.12. The fraction of sp³-hybridized carbons (Fsp3) is 0.438. The first-order valence-corrected chi connectivity index (χ1v) is 7.44. The van der Waals surface area contributed by atoms with E-state index in [0.29, 0.717) is 0 Å². The lowest BCUT2D eigenvalue weighted by molar-refractivity contribution is 0.0428. The fourth-order valence-electron chi connectivity index (χ4n) is 2.29. The molecule has 1 aromatic heterocycles. The van der Waals surface area contributed by atoms with Crippen molar-refractivity contribution in [3.8, 4) is 0 Å². The number of esters is 1. The van der Waals surface area contributed by atoms with Crippen LogP contribution >= 0.6 is 0 Å². The van der Waals surface area contributed by atoms with Crippen LogP contribution in [0.4, 0.5) is 8.78 Å². The summed E-state index contributed by atoms with van der Waals surface area (Å²) < 4.78 is 32.9. The number of ether oxygens (including phenoxy) is 1. The normalized spacial score (nSPS) is 11.2. The molecule has 7 heteroatoms. The maximum atomic E-state index is 13.5. The van der Waals surface area contributed by atoms with Crippen LogP contribution in [0.15, 0.2) is 12.1 Å². The number of aromatic nitrogens is 2. The molecule has 0 unspecified atom stereocenters. The SMILES string of the molecule is CCC(CC)COC(=O)c1nn(C(C)=O)c2cc(F)c(F)cc12. The monoisotopic (exact) mass is 324 g/mol. The third-order valence-electron chi connectivity index (χ3n) is 3.82. The van der Waals surface area contributed by atoms with Crippen molar-refractivity contribution >= 4 is 22.8 Å². The van der Waals surface area contributed by atoms with Gasteiger partial charge in [0.1, 0.15) is 0 Å². The second-order valence-electron chi connectivity index (χ2n) is 5.34. The van der Waals surface area contributed by atoms with Gasteiger partial charge in [-0.05, 0) is 12.0 Å². The van der Waals surface area contributed by atoms with Gasteiger partial charge in [-0.15, -0.1) is 0 Å². The van der Waals surface area contributed by atoms with E-state index in [4.69, 9.17) is 4.74 Å². The Kier molecular flexibility index (Phi) is 5.08. The van der Waals surface area contributed by atoms with Crippen molar-refractivity contribution in [1.29, 1.82) is 0 Å². The predicted molar refractivity (Wildman–Crippen MR) is 80.3 cm³/mol. The molecule has 0 N–H and O–H groups in total. The summed E-state index contributed by atoms with van der Waals surface area (Å²) in [5.41, 5.74) is -0.161. The van der Waals surface area contributed by atoms with Gasteiger partial charge in [0.05, 0.1) is 12.1 Å². The Balaban J connectivity index is 2.42. The van der Waals surface area contributed by atoms with E-state index in [2.05, 4.69) is 5.10 Å². The molecular weight excluding hydrogens is 306 g/mol. The van der Waals surface area contributed by atoms with Crippen LogP contribution in [0, 0.1) is 17.6 Å². The van der Waals surface area contributed by atoms with E-state index >= 15 is 0 Å². The lowest BCUT2D eigenvalue weighted by atomic mass is 10.1. The van der Waals surface area contributed by atoms with Gasteiger partial charge in [0.25, 0.3) is 0 Å². The second kappa shape index (κ2) is 6.85. The number of halogens is 2. The minimum absolute atomic E-state index is 0.0332. The smallest absolute Gasteiger partial charge is 0.359 e. The van der Waals surface area contributed by atoms with E-state index < -0.39 is 23.5 Å². The molecule has 0 radical (unpaired) electrons. The summed E-state index contributed by atoms with van der Waals surface area (Å²) in [5, 5.41) is 3.91. The highest BCUT2D eigenvalue weighted by Gasteiger charge is 2.23. The molecule has 0 atom stereocenters. The Bertz CT molecular complexity index is 751. The molecule has 0 amide bonds. The van der Waals surface area contributed by atoms with Crippen molar-refractivity contribution < 1.29 is 23.1 Å². The fourth-order valence-corrected chi connectivity index (χ4v) is 2.29. The minimum Gasteiger partial charge on any atom is -0.461 e. The molecule has 2 aromatic rings. The zero-order chi connectivity index (χ0) is 17.1. The maximum absolute atomic E-state index is 13.5. The Morgan fingerprint density at radius 1 is 1.22 bits per heavy atom. The topological polar surface area (TPSA) is 61.2 Å². The first-order chi connectivity index (χ1) is 10.9. The zero-order valence-corrected chi connectivity index (χ0v) is 13.2. The van der Waals surface area contributed by atoms with Gasteiger partial charge in [-0.2, -0.15) is 9.78 Å². The van der Waals surface area contributed by atoms with Crippen LogP contribution < -0.4 is 0 Å². The number of carbonyl (C=O) groups excluding carboxylic acids is 2. The largest absolute Gasteiger partial charge is 0.461 e. The van der Waals surface area contributed by atoms with Crippen LogP contribution in [0.2, 0.25) is 0 Å². The molecule has 1 heterocycles. The Morgan fingerprint density at radius 2 is 1.83 bits per heavy atom. The number of carbonyl (C=O) groups is 2. The van der Waals surface area contributed by atoms with E-state index in [0.717, 1.165) is 29.7 Å². The van der Waals surface area contributed by atoms with E-state index in [-0.39, 0.29) is 29.1 Å². The van der Waals surface area contributed by atoms with E-state index in [1.165, 1.54) is 6.92 Å². The lowest BCUT2D eigenvalue weighted by Crippen LogP contribution is -2.15. The summed E-state index contributed by atoms with van der Waals surface area (Å²) in [4.78, 5) is 23.8. The Labute approximate surface area is 132 Å². The highest BCUT2D eigenvalue weighted by atomic mass is 19.2. The summed E-state index contributed by atoms with van der Waals surface area (Å²) in [6.07, 6.45) is 1.71. The van der Waals surface area contributed by atoms with Gasteiger partial charge in [-0.1, -0.05) is 26.7 Å². The molecule has 5 nitrogen and oxygen atoms in total. The molecule has 0 bridgehead atoms. The molecule has 0 fully saturated rings. The summed E-state index contributed by atoms with van der Waals surface area (Å²) in [6.45, 7) is 5.40. The zero-order valence-electron chi connectivity index (χ0n) is 13.2. The van der Waals surface area contributed by atoms with Gasteiger partial charge in [0.15, 0.2) is 17.3 Å². The molecule has 0 saturated heterocycles. The number of hydrogen-bond acceptors (Lipinski definition) is 4. The standard InChI is InChI=1S/C16H18F2N2O3/c1-4-10(5-2)8-23-16(22)15-11-6-12(17)13(18)7-14(11)20(19-15)9(3)21/h6-7,10H,4-5,8H2,1-3H3. The summed E-state index contributed by atoms with van der Waals surface area (Å²) in [5.74, 6) is -3.28. The van der Waals surface area contributed by atoms with Crippen LogP contribution in [-0.4, -0.2) is 28.3 Å². The summed E-state index contributed by atoms with van der Waals surface area (Å²) >= 11 is 0.